The first kappa shape index (κ1) is 13.4. The molecule has 1 unspecified atom stereocenters. The summed E-state index contributed by atoms with van der Waals surface area (Å²) in [7, 11) is 3.28. The molecule has 1 N–H and O–H groups in total. The summed E-state index contributed by atoms with van der Waals surface area (Å²) in [5, 5.41) is 2.92. The van der Waals surface area contributed by atoms with E-state index in [0.717, 1.165) is 12.1 Å². The summed E-state index contributed by atoms with van der Waals surface area (Å²) in [4.78, 5) is 24.9. The number of carbonyl (C=O) groups excluding carboxylic acids is 2. The Bertz CT molecular complexity index is 487. The molecule has 2 rings (SSSR count). The van der Waals surface area contributed by atoms with Crippen molar-refractivity contribution in [2.75, 3.05) is 25.6 Å². The van der Waals surface area contributed by atoms with Crippen molar-refractivity contribution in [1.82, 2.24) is 5.32 Å². The second kappa shape index (κ2) is 5.73. The number of amides is 1. The summed E-state index contributed by atoms with van der Waals surface area (Å²) < 4.78 is 4.78. The fourth-order valence-electron chi connectivity index (χ4n) is 2.33. The number of para-hydroxylation sites is 1. The van der Waals surface area contributed by atoms with E-state index < -0.39 is 0 Å². The minimum Gasteiger partial charge on any atom is -0.465 e. The van der Waals surface area contributed by atoms with Crippen LogP contribution in [0.15, 0.2) is 24.3 Å². The molecule has 0 aliphatic carbocycles. The van der Waals surface area contributed by atoms with Crippen LogP contribution in [-0.4, -0.2) is 38.6 Å². The number of methoxy groups -OCH3 is 1. The number of nitrogens with zero attached hydrogens (tertiary/aromatic N) is 1. The highest BCUT2D eigenvalue weighted by atomic mass is 16.5. The molecular formula is C14H18N2O3. The first-order chi connectivity index (χ1) is 9.11. The van der Waals surface area contributed by atoms with Crippen LogP contribution in [0.5, 0.6) is 0 Å². The fourth-order valence-corrected chi connectivity index (χ4v) is 2.33. The number of likely N-dealkylation sites (N-methyl/N-ethyl adjacent to an activating group) is 1. The van der Waals surface area contributed by atoms with Gasteiger partial charge < -0.3 is 15.0 Å². The molecule has 0 saturated carbocycles. The molecule has 1 saturated heterocycles. The summed E-state index contributed by atoms with van der Waals surface area (Å²) in [5.41, 5.74) is 1.35. The van der Waals surface area contributed by atoms with Gasteiger partial charge in [0, 0.05) is 26.1 Å². The molecule has 1 aliphatic rings. The van der Waals surface area contributed by atoms with E-state index in [4.69, 9.17) is 4.74 Å². The van der Waals surface area contributed by atoms with Crippen LogP contribution in [0.25, 0.3) is 0 Å². The van der Waals surface area contributed by atoms with Crippen molar-refractivity contribution >= 4 is 17.6 Å². The van der Waals surface area contributed by atoms with Gasteiger partial charge in [-0.25, -0.2) is 4.79 Å². The van der Waals surface area contributed by atoms with Crippen molar-refractivity contribution < 1.29 is 14.3 Å². The first-order valence-corrected chi connectivity index (χ1v) is 6.29. The summed E-state index contributed by atoms with van der Waals surface area (Å²) in [6, 6.07) is 7.45. The number of hydrogen-bond acceptors (Lipinski definition) is 4. The standard InChI is InChI=1S/C14H18N2O3/c1-16(9-10-7-8-13(17)15-10)12-6-4-3-5-11(12)14(18)19-2/h3-6,10H,7-9H2,1-2H3,(H,15,17). The number of ether oxygens (including phenoxy) is 1. The number of carbonyl (C=O) groups is 2. The molecule has 1 fully saturated rings. The van der Waals surface area contributed by atoms with Crippen molar-refractivity contribution in [1.29, 1.82) is 0 Å². The van der Waals surface area contributed by atoms with Crippen LogP contribution in [0.1, 0.15) is 23.2 Å². The maximum absolute atomic E-state index is 11.7. The Balaban J connectivity index is 2.12. The van der Waals surface area contributed by atoms with E-state index >= 15 is 0 Å². The van der Waals surface area contributed by atoms with Crippen molar-refractivity contribution in [3.8, 4) is 0 Å². The lowest BCUT2D eigenvalue weighted by Crippen LogP contribution is -2.37. The quantitative estimate of drug-likeness (QED) is 0.828. The smallest absolute Gasteiger partial charge is 0.339 e. The van der Waals surface area contributed by atoms with Crippen molar-refractivity contribution in [2.45, 2.75) is 18.9 Å². The topological polar surface area (TPSA) is 58.6 Å². The highest BCUT2D eigenvalue weighted by Crippen LogP contribution is 2.21. The van der Waals surface area contributed by atoms with Gasteiger partial charge in [-0.3, -0.25) is 4.79 Å². The zero-order valence-electron chi connectivity index (χ0n) is 11.2. The van der Waals surface area contributed by atoms with E-state index in [0.29, 0.717) is 18.5 Å². The predicted octanol–water partition coefficient (Wildman–Crippen LogP) is 1.19. The normalized spacial score (nSPS) is 18.0. The van der Waals surface area contributed by atoms with Gasteiger partial charge in [0.15, 0.2) is 0 Å². The molecule has 1 atom stereocenters. The number of nitrogens with one attached hydrogen (secondary N) is 1. The van der Waals surface area contributed by atoms with E-state index in [9.17, 15) is 9.59 Å². The van der Waals surface area contributed by atoms with Gasteiger partial charge in [-0.1, -0.05) is 12.1 Å². The third kappa shape index (κ3) is 3.05. The second-order valence-corrected chi connectivity index (χ2v) is 4.69. The SMILES string of the molecule is COC(=O)c1ccccc1N(C)CC1CCC(=O)N1. The number of rotatable bonds is 4. The molecule has 19 heavy (non-hydrogen) atoms. The maximum atomic E-state index is 11.7. The van der Waals surface area contributed by atoms with Crippen molar-refractivity contribution in [3.05, 3.63) is 29.8 Å². The molecule has 1 aromatic carbocycles. The van der Waals surface area contributed by atoms with Crippen LogP contribution >= 0.6 is 0 Å². The Hall–Kier alpha value is -2.04. The van der Waals surface area contributed by atoms with Gasteiger partial charge in [-0.05, 0) is 18.6 Å². The Labute approximate surface area is 112 Å². The van der Waals surface area contributed by atoms with E-state index in [2.05, 4.69) is 5.32 Å². The average molecular weight is 262 g/mol. The van der Waals surface area contributed by atoms with Gasteiger partial charge in [0.2, 0.25) is 5.91 Å². The number of esters is 1. The lowest BCUT2D eigenvalue weighted by atomic mass is 10.1. The van der Waals surface area contributed by atoms with Gasteiger partial charge in [0.25, 0.3) is 0 Å². The number of anilines is 1. The monoisotopic (exact) mass is 262 g/mol. The van der Waals surface area contributed by atoms with Gasteiger partial charge in [0.1, 0.15) is 0 Å². The minimum absolute atomic E-state index is 0.0969. The van der Waals surface area contributed by atoms with Crippen LogP contribution in [0, 0.1) is 0 Å². The summed E-state index contributed by atoms with van der Waals surface area (Å²) in [5.74, 6) is -0.252. The Morgan fingerprint density at radius 3 is 2.84 bits per heavy atom. The van der Waals surface area contributed by atoms with Crippen LogP contribution in [0.4, 0.5) is 5.69 Å². The zero-order valence-corrected chi connectivity index (χ0v) is 11.2. The maximum Gasteiger partial charge on any atom is 0.339 e. The summed E-state index contributed by atoms with van der Waals surface area (Å²) in [6.45, 7) is 0.680. The molecule has 5 heteroatoms. The molecule has 5 nitrogen and oxygen atoms in total. The summed E-state index contributed by atoms with van der Waals surface area (Å²) in [6.07, 6.45) is 1.42. The highest BCUT2D eigenvalue weighted by Gasteiger charge is 2.23. The minimum atomic E-state index is -0.349. The van der Waals surface area contributed by atoms with E-state index in [1.165, 1.54) is 7.11 Å². The predicted molar refractivity (Wildman–Crippen MR) is 72.2 cm³/mol. The molecule has 102 valence electrons. The van der Waals surface area contributed by atoms with Gasteiger partial charge in [-0.2, -0.15) is 0 Å². The molecule has 0 aromatic heterocycles. The molecular weight excluding hydrogens is 244 g/mol. The Kier molecular flexibility index (Phi) is 4.04. The Morgan fingerprint density at radius 2 is 2.21 bits per heavy atom. The molecule has 1 aliphatic heterocycles. The zero-order chi connectivity index (χ0) is 13.8. The molecule has 0 bridgehead atoms. The van der Waals surface area contributed by atoms with Gasteiger partial charge in [0.05, 0.1) is 18.4 Å². The van der Waals surface area contributed by atoms with Crippen molar-refractivity contribution in [2.24, 2.45) is 0 Å². The lowest BCUT2D eigenvalue weighted by Gasteiger charge is -2.24. The highest BCUT2D eigenvalue weighted by molar-refractivity contribution is 5.95. The van der Waals surface area contributed by atoms with Crippen LogP contribution in [-0.2, 0) is 9.53 Å². The first-order valence-electron chi connectivity index (χ1n) is 6.29. The van der Waals surface area contributed by atoms with Crippen molar-refractivity contribution in [3.63, 3.8) is 0 Å². The molecule has 1 aromatic rings. The van der Waals surface area contributed by atoms with E-state index in [1.807, 2.05) is 24.1 Å². The molecule has 1 amide bonds. The van der Waals surface area contributed by atoms with E-state index in [1.54, 1.807) is 12.1 Å². The van der Waals surface area contributed by atoms with Crippen LogP contribution in [0.2, 0.25) is 0 Å². The fraction of sp³-hybridized carbons (Fsp3) is 0.429. The second-order valence-electron chi connectivity index (χ2n) is 4.69. The molecule has 0 radical (unpaired) electrons. The average Bonchev–Trinajstić information content (AvgIpc) is 2.83. The third-order valence-electron chi connectivity index (χ3n) is 3.30. The van der Waals surface area contributed by atoms with E-state index in [-0.39, 0.29) is 17.9 Å². The van der Waals surface area contributed by atoms with Crippen LogP contribution < -0.4 is 10.2 Å². The molecule has 0 spiro atoms. The molecule has 1 heterocycles. The van der Waals surface area contributed by atoms with Gasteiger partial charge >= 0.3 is 5.97 Å². The van der Waals surface area contributed by atoms with Crippen LogP contribution in [0.3, 0.4) is 0 Å². The Morgan fingerprint density at radius 1 is 1.47 bits per heavy atom. The number of benzene rings is 1. The van der Waals surface area contributed by atoms with Gasteiger partial charge in [-0.15, -0.1) is 0 Å². The summed E-state index contributed by atoms with van der Waals surface area (Å²) >= 11 is 0. The lowest BCUT2D eigenvalue weighted by molar-refractivity contribution is -0.119. The number of hydrogen-bond donors (Lipinski definition) is 1. The third-order valence-corrected chi connectivity index (χ3v) is 3.30. The largest absolute Gasteiger partial charge is 0.465 e.